The molecule has 106 valence electrons. The number of rotatable bonds is 5. The predicted octanol–water partition coefficient (Wildman–Crippen LogP) is 2.50. The van der Waals surface area contributed by atoms with Crippen molar-refractivity contribution in [3.05, 3.63) is 71.8 Å². The van der Waals surface area contributed by atoms with Gasteiger partial charge in [-0.3, -0.25) is 0 Å². The van der Waals surface area contributed by atoms with Gasteiger partial charge in [0.25, 0.3) is 0 Å². The normalized spacial score (nSPS) is 13.0. The zero-order valence-corrected chi connectivity index (χ0v) is 11.5. The van der Waals surface area contributed by atoms with Crippen LogP contribution in [-0.2, 0) is 21.7 Å². The molecule has 0 unspecified atom stereocenters. The minimum atomic E-state index is -1.44. The van der Waals surface area contributed by atoms with Crippen molar-refractivity contribution in [2.24, 2.45) is 5.73 Å². The average Bonchev–Trinajstić information content (AvgIpc) is 2.54. The molecule has 4 heteroatoms. The highest BCUT2D eigenvalue weighted by Gasteiger charge is 2.37. The first-order valence-electron chi connectivity index (χ1n) is 6.59. The maximum atomic E-state index is 12.3. The van der Waals surface area contributed by atoms with Gasteiger partial charge in [0.15, 0.2) is 5.54 Å². The molecule has 21 heavy (non-hydrogen) atoms. The quantitative estimate of drug-likeness (QED) is 0.854. The lowest BCUT2D eigenvalue weighted by atomic mass is 9.88. The van der Waals surface area contributed by atoms with Gasteiger partial charge in [-0.05, 0) is 11.1 Å². The Morgan fingerprint density at radius 2 is 1.67 bits per heavy atom. The van der Waals surface area contributed by atoms with Crippen LogP contribution in [0, 0.1) is 11.3 Å². The molecular formula is C17H16N2O2. The molecule has 0 aliphatic carbocycles. The minimum absolute atomic E-state index is 0.134. The van der Waals surface area contributed by atoms with Crippen molar-refractivity contribution in [1.29, 1.82) is 5.26 Å². The third-order valence-electron chi connectivity index (χ3n) is 3.22. The van der Waals surface area contributed by atoms with Crippen molar-refractivity contribution in [3.8, 4) is 6.07 Å². The second-order valence-electron chi connectivity index (χ2n) is 4.73. The lowest BCUT2D eigenvalue weighted by Gasteiger charge is -2.25. The summed E-state index contributed by atoms with van der Waals surface area (Å²) in [6.07, 6.45) is -0.134. The molecule has 0 fully saturated rings. The third kappa shape index (κ3) is 3.47. The monoisotopic (exact) mass is 280 g/mol. The molecule has 0 aromatic heterocycles. The topological polar surface area (TPSA) is 76.1 Å². The summed E-state index contributed by atoms with van der Waals surface area (Å²) in [6.45, 7) is 0.136. The molecule has 0 aliphatic heterocycles. The Hall–Kier alpha value is -2.64. The summed E-state index contributed by atoms with van der Waals surface area (Å²) >= 11 is 0. The van der Waals surface area contributed by atoms with Crippen molar-refractivity contribution in [2.45, 2.75) is 18.6 Å². The van der Waals surface area contributed by atoms with E-state index in [-0.39, 0.29) is 13.0 Å². The van der Waals surface area contributed by atoms with Gasteiger partial charge in [-0.15, -0.1) is 0 Å². The van der Waals surface area contributed by atoms with E-state index in [1.54, 1.807) is 24.3 Å². The zero-order valence-electron chi connectivity index (χ0n) is 11.5. The van der Waals surface area contributed by atoms with E-state index >= 15 is 0 Å². The lowest BCUT2D eigenvalue weighted by Crippen LogP contribution is -2.45. The highest BCUT2D eigenvalue weighted by atomic mass is 16.5. The maximum Gasteiger partial charge on any atom is 0.332 e. The van der Waals surface area contributed by atoms with Crippen LogP contribution >= 0.6 is 0 Å². The van der Waals surface area contributed by atoms with Crippen molar-refractivity contribution in [2.75, 3.05) is 0 Å². The number of ether oxygens (including phenoxy) is 1. The van der Waals surface area contributed by atoms with Gasteiger partial charge in [0, 0.05) is 0 Å². The molecule has 2 N–H and O–H groups in total. The minimum Gasteiger partial charge on any atom is -0.459 e. The summed E-state index contributed by atoms with van der Waals surface area (Å²) in [7, 11) is 0. The van der Waals surface area contributed by atoms with Crippen LogP contribution in [0.5, 0.6) is 0 Å². The number of nitrogens with two attached hydrogens (primary N) is 1. The molecule has 2 aromatic rings. The van der Waals surface area contributed by atoms with E-state index in [0.29, 0.717) is 5.56 Å². The molecule has 0 saturated carbocycles. The van der Waals surface area contributed by atoms with Gasteiger partial charge >= 0.3 is 5.97 Å². The van der Waals surface area contributed by atoms with Gasteiger partial charge in [0.1, 0.15) is 6.61 Å². The Kier molecular flexibility index (Phi) is 4.70. The van der Waals surface area contributed by atoms with Crippen LogP contribution in [0.15, 0.2) is 60.7 Å². The van der Waals surface area contributed by atoms with E-state index in [2.05, 4.69) is 0 Å². The van der Waals surface area contributed by atoms with E-state index in [0.717, 1.165) is 5.56 Å². The fraction of sp³-hybridized carbons (Fsp3) is 0.176. The van der Waals surface area contributed by atoms with E-state index in [1.807, 2.05) is 42.5 Å². The Labute approximate surface area is 123 Å². The standard InChI is InChI=1S/C17H16N2O2/c18-12-11-17(19,15-9-5-2-6-10-15)16(20)21-13-14-7-3-1-4-8-14/h1-10H,11,13,19H2/t17-/m0/s1. The second-order valence-corrected chi connectivity index (χ2v) is 4.73. The smallest absolute Gasteiger partial charge is 0.332 e. The predicted molar refractivity (Wildman–Crippen MR) is 78.8 cm³/mol. The zero-order chi connectivity index (χ0) is 15.1. The Balaban J connectivity index is 2.15. The molecule has 0 bridgehead atoms. The summed E-state index contributed by atoms with van der Waals surface area (Å²) in [5.41, 5.74) is 6.15. The van der Waals surface area contributed by atoms with Crippen LogP contribution in [0.4, 0.5) is 0 Å². The van der Waals surface area contributed by atoms with Gasteiger partial charge in [-0.1, -0.05) is 60.7 Å². The third-order valence-corrected chi connectivity index (χ3v) is 3.22. The van der Waals surface area contributed by atoms with Crippen LogP contribution in [-0.4, -0.2) is 5.97 Å². The van der Waals surface area contributed by atoms with Crippen molar-refractivity contribution in [1.82, 2.24) is 0 Å². The first-order valence-corrected chi connectivity index (χ1v) is 6.59. The first-order chi connectivity index (χ1) is 10.2. The van der Waals surface area contributed by atoms with Gasteiger partial charge in [0.05, 0.1) is 12.5 Å². The highest BCUT2D eigenvalue weighted by Crippen LogP contribution is 2.24. The number of nitriles is 1. The van der Waals surface area contributed by atoms with Crippen LogP contribution in [0.25, 0.3) is 0 Å². The summed E-state index contributed by atoms with van der Waals surface area (Å²) < 4.78 is 5.29. The largest absolute Gasteiger partial charge is 0.459 e. The summed E-state index contributed by atoms with van der Waals surface area (Å²) in [5.74, 6) is -0.598. The molecule has 0 spiro atoms. The number of hydrogen-bond acceptors (Lipinski definition) is 4. The Bertz CT molecular complexity index is 635. The number of esters is 1. The van der Waals surface area contributed by atoms with Crippen molar-refractivity contribution in [3.63, 3.8) is 0 Å². The molecule has 0 amide bonds. The van der Waals surface area contributed by atoms with Crippen molar-refractivity contribution < 1.29 is 9.53 Å². The van der Waals surface area contributed by atoms with Gasteiger partial charge in [-0.2, -0.15) is 5.26 Å². The summed E-state index contributed by atoms with van der Waals surface area (Å²) in [6, 6.07) is 20.1. The summed E-state index contributed by atoms with van der Waals surface area (Å²) in [4.78, 5) is 12.3. The maximum absolute atomic E-state index is 12.3. The average molecular weight is 280 g/mol. The summed E-state index contributed by atoms with van der Waals surface area (Å²) in [5, 5.41) is 8.96. The molecule has 4 nitrogen and oxygen atoms in total. The fourth-order valence-corrected chi connectivity index (χ4v) is 2.00. The number of carbonyl (C=O) groups excluding carboxylic acids is 1. The van der Waals surface area contributed by atoms with Crippen LogP contribution < -0.4 is 5.73 Å². The first kappa shape index (κ1) is 14.8. The molecule has 2 rings (SSSR count). The number of nitrogens with zero attached hydrogens (tertiary/aromatic N) is 1. The highest BCUT2D eigenvalue weighted by molar-refractivity contribution is 5.82. The van der Waals surface area contributed by atoms with E-state index < -0.39 is 11.5 Å². The van der Waals surface area contributed by atoms with E-state index in [1.165, 1.54) is 0 Å². The Morgan fingerprint density at radius 1 is 1.10 bits per heavy atom. The number of benzene rings is 2. The molecule has 0 saturated heterocycles. The molecule has 0 radical (unpaired) electrons. The van der Waals surface area contributed by atoms with Gasteiger partial charge in [0.2, 0.25) is 0 Å². The molecule has 0 aliphatic rings. The molecular weight excluding hydrogens is 264 g/mol. The van der Waals surface area contributed by atoms with E-state index in [4.69, 9.17) is 15.7 Å². The molecule has 2 aromatic carbocycles. The van der Waals surface area contributed by atoms with Crippen LogP contribution in [0.2, 0.25) is 0 Å². The molecule has 0 heterocycles. The number of hydrogen-bond donors (Lipinski definition) is 1. The SMILES string of the molecule is N#CC[C@@](N)(C(=O)OCc1ccccc1)c1ccccc1. The van der Waals surface area contributed by atoms with Crippen molar-refractivity contribution >= 4 is 5.97 Å². The lowest BCUT2D eigenvalue weighted by molar-refractivity contribution is -0.151. The second kappa shape index (κ2) is 6.69. The molecule has 1 atom stereocenters. The van der Waals surface area contributed by atoms with Crippen LogP contribution in [0.1, 0.15) is 17.5 Å². The number of carbonyl (C=O) groups is 1. The van der Waals surface area contributed by atoms with Gasteiger partial charge in [-0.25, -0.2) is 4.79 Å². The van der Waals surface area contributed by atoms with Gasteiger partial charge < -0.3 is 10.5 Å². The van der Waals surface area contributed by atoms with E-state index in [9.17, 15) is 4.79 Å². The fourth-order valence-electron chi connectivity index (χ4n) is 2.00. The van der Waals surface area contributed by atoms with Crippen LogP contribution in [0.3, 0.4) is 0 Å². The Morgan fingerprint density at radius 3 is 2.24 bits per heavy atom.